The number of benzene rings is 2. The molecule has 2 aromatic carbocycles. The van der Waals surface area contributed by atoms with Crippen molar-refractivity contribution in [2.75, 3.05) is 6.61 Å². The lowest BCUT2D eigenvalue weighted by molar-refractivity contribution is 0.295. The summed E-state index contributed by atoms with van der Waals surface area (Å²) < 4.78 is 20.6. The third kappa shape index (κ3) is 3.72. The average Bonchev–Trinajstić information content (AvgIpc) is 3.10. The molecule has 0 atom stereocenters. The van der Waals surface area contributed by atoms with Crippen LogP contribution in [0.4, 0.5) is 4.39 Å². The summed E-state index contributed by atoms with van der Waals surface area (Å²) in [5.74, 6) is 0.235. The summed E-state index contributed by atoms with van der Waals surface area (Å²) >= 11 is 7.43. The summed E-state index contributed by atoms with van der Waals surface area (Å²) in [6, 6.07) is 13.2. The zero-order valence-electron chi connectivity index (χ0n) is 14.1. The first kappa shape index (κ1) is 17.7. The molecular formula is C20H14ClFN2O2S. The van der Waals surface area contributed by atoms with Crippen molar-refractivity contribution < 1.29 is 9.13 Å². The number of nitrogens with zero attached hydrogens (tertiary/aromatic N) is 2. The van der Waals surface area contributed by atoms with E-state index in [-0.39, 0.29) is 18.0 Å². The van der Waals surface area contributed by atoms with Crippen LogP contribution < -0.4 is 10.3 Å². The van der Waals surface area contributed by atoms with E-state index in [9.17, 15) is 9.18 Å². The molecule has 0 saturated carbocycles. The minimum absolute atomic E-state index is 0.110. The molecule has 0 aliphatic rings. The molecule has 2 aromatic heterocycles. The largest absolute Gasteiger partial charge is 0.492 e. The molecule has 27 heavy (non-hydrogen) atoms. The van der Waals surface area contributed by atoms with Crippen LogP contribution in [0.2, 0.25) is 5.02 Å². The Labute approximate surface area is 163 Å². The number of ether oxygens (including phenoxy) is 1. The molecule has 0 spiro atoms. The highest BCUT2D eigenvalue weighted by Crippen LogP contribution is 2.31. The Hall–Kier alpha value is -2.70. The van der Waals surface area contributed by atoms with Gasteiger partial charge in [-0.05, 0) is 42.0 Å². The lowest BCUT2D eigenvalue weighted by Gasteiger charge is -2.08. The van der Waals surface area contributed by atoms with Crippen molar-refractivity contribution in [2.24, 2.45) is 0 Å². The molecular weight excluding hydrogens is 387 g/mol. The maximum Gasteiger partial charge on any atom is 0.271 e. The van der Waals surface area contributed by atoms with Gasteiger partial charge in [0.25, 0.3) is 5.56 Å². The third-order valence-corrected chi connectivity index (χ3v) is 5.29. The van der Waals surface area contributed by atoms with E-state index in [4.69, 9.17) is 16.3 Å². The molecule has 2 heterocycles. The molecule has 4 nitrogen and oxygen atoms in total. The van der Waals surface area contributed by atoms with Gasteiger partial charge in [-0.3, -0.25) is 9.36 Å². The van der Waals surface area contributed by atoms with Gasteiger partial charge in [0.05, 0.1) is 18.4 Å². The van der Waals surface area contributed by atoms with Crippen LogP contribution in [0.1, 0.15) is 0 Å². The number of fused-ring (bicyclic) bond motifs is 1. The van der Waals surface area contributed by atoms with Gasteiger partial charge in [-0.1, -0.05) is 23.7 Å². The van der Waals surface area contributed by atoms with E-state index in [2.05, 4.69) is 4.98 Å². The second-order valence-corrected chi connectivity index (χ2v) is 7.20. The first-order chi connectivity index (χ1) is 13.1. The van der Waals surface area contributed by atoms with Crippen LogP contribution in [0.25, 0.3) is 21.3 Å². The highest BCUT2D eigenvalue weighted by Gasteiger charge is 2.12. The Morgan fingerprint density at radius 3 is 2.78 bits per heavy atom. The summed E-state index contributed by atoms with van der Waals surface area (Å²) in [4.78, 5) is 17.2. The smallest absolute Gasteiger partial charge is 0.271 e. The Morgan fingerprint density at radius 1 is 1.19 bits per heavy atom. The molecule has 0 amide bonds. The number of hydrogen-bond donors (Lipinski definition) is 0. The fourth-order valence-electron chi connectivity index (χ4n) is 2.75. The van der Waals surface area contributed by atoms with E-state index in [1.165, 1.54) is 34.4 Å². The van der Waals surface area contributed by atoms with Crippen LogP contribution in [-0.2, 0) is 6.54 Å². The normalized spacial score (nSPS) is 11.0. The van der Waals surface area contributed by atoms with Crippen molar-refractivity contribution in [3.63, 3.8) is 0 Å². The van der Waals surface area contributed by atoms with Crippen LogP contribution in [0.15, 0.2) is 65.0 Å². The maximum atomic E-state index is 12.9. The highest BCUT2D eigenvalue weighted by atomic mass is 35.5. The maximum absolute atomic E-state index is 12.9. The predicted octanol–water partition coefficient (Wildman–Crippen LogP) is 5.00. The molecule has 0 N–H and O–H groups in total. The Bertz CT molecular complexity index is 1150. The lowest BCUT2D eigenvalue weighted by Crippen LogP contribution is -2.22. The van der Waals surface area contributed by atoms with Crippen molar-refractivity contribution in [1.29, 1.82) is 0 Å². The second-order valence-electron chi connectivity index (χ2n) is 5.88. The molecule has 0 unspecified atom stereocenters. The first-order valence-electron chi connectivity index (χ1n) is 8.23. The van der Waals surface area contributed by atoms with Crippen molar-refractivity contribution in [3.05, 3.63) is 81.4 Å². The second kappa shape index (κ2) is 7.50. The van der Waals surface area contributed by atoms with Crippen molar-refractivity contribution in [1.82, 2.24) is 9.55 Å². The van der Waals surface area contributed by atoms with Crippen LogP contribution in [-0.4, -0.2) is 16.2 Å². The molecule has 0 fully saturated rings. The van der Waals surface area contributed by atoms with Crippen LogP contribution in [0, 0.1) is 5.82 Å². The van der Waals surface area contributed by atoms with Gasteiger partial charge in [0, 0.05) is 16.0 Å². The summed E-state index contributed by atoms with van der Waals surface area (Å²) in [5, 5.41) is 2.56. The van der Waals surface area contributed by atoms with Gasteiger partial charge in [0.1, 0.15) is 22.9 Å². The van der Waals surface area contributed by atoms with Gasteiger partial charge in [-0.15, -0.1) is 11.3 Å². The summed E-state index contributed by atoms with van der Waals surface area (Å²) in [5.41, 5.74) is 2.38. The quantitative estimate of drug-likeness (QED) is 0.473. The molecule has 0 bridgehead atoms. The van der Waals surface area contributed by atoms with Crippen LogP contribution in [0.5, 0.6) is 5.75 Å². The van der Waals surface area contributed by atoms with Crippen LogP contribution >= 0.6 is 22.9 Å². The van der Waals surface area contributed by atoms with E-state index in [1.54, 1.807) is 18.2 Å². The monoisotopic (exact) mass is 400 g/mol. The van der Waals surface area contributed by atoms with Gasteiger partial charge in [0.2, 0.25) is 0 Å². The summed E-state index contributed by atoms with van der Waals surface area (Å²) in [7, 11) is 0. The van der Waals surface area contributed by atoms with Gasteiger partial charge in [-0.25, -0.2) is 9.37 Å². The van der Waals surface area contributed by atoms with E-state index in [0.717, 1.165) is 11.1 Å². The molecule has 4 aromatic rings. The van der Waals surface area contributed by atoms with Crippen molar-refractivity contribution >= 4 is 33.2 Å². The molecule has 0 aliphatic heterocycles. The predicted molar refractivity (Wildman–Crippen MR) is 106 cm³/mol. The van der Waals surface area contributed by atoms with E-state index in [1.807, 2.05) is 23.6 Å². The Kier molecular flexibility index (Phi) is 4.92. The molecule has 7 heteroatoms. The summed E-state index contributed by atoms with van der Waals surface area (Å²) in [6.45, 7) is 0.634. The highest BCUT2D eigenvalue weighted by molar-refractivity contribution is 7.17. The number of hydrogen-bond acceptors (Lipinski definition) is 4. The van der Waals surface area contributed by atoms with Gasteiger partial charge >= 0.3 is 0 Å². The van der Waals surface area contributed by atoms with Gasteiger partial charge in [0.15, 0.2) is 0 Å². The van der Waals surface area contributed by atoms with E-state index < -0.39 is 0 Å². The van der Waals surface area contributed by atoms with Crippen molar-refractivity contribution in [2.45, 2.75) is 6.54 Å². The standard InChI is InChI=1S/C20H14ClFN2O2S/c21-14-3-1-2-13(10-14)17-11-27-19-18(17)23-12-24(20(19)25)8-9-26-16-6-4-15(22)5-7-16/h1-7,10-12H,8-9H2. The Balaban J connectivity index is 1.56. The van der Waals surface area contributed by atoms with E-state index >= 15 is 0 Å². The minimum atomic E-state index is -0.318. The Morgan fingerprint density at radius 2 is 2.00 bits per heavy atom. The van der Waals surface area contributed by atoms with E-state index in [0.29, 0.717) is 27.5 Å². The number of thiophene rings is 1. The van der Waals surface area contributed by atoms with Gasteiger partial charge in [-0.2, -0.15) is 0 Å². The molecule has 136 valence electrons. The third-order valence-electron chi connectivity index (χ3n) is 4.10. The minimum Gasteiger partial charge on any atom is -0.492 e. The number of rotatable bonds is 5. The lowest BCUT2D eigenvalue weighted by atomic mass is 10.1. The van der Waals surface area contributed by atoms with Crippen LogP contribution in [0.3, 0.4) is 0 Å². The van der Waals surface area contributed by atoms with Crippen molar-refractivity contribution in [3.8, 4) is 16.9 Å². The molecule has 0 radical (unpaired) electrons. The topological polar surface area (TPSA) is 44.1 Å². The SMILES string of the molecule is O=c1c2scc(-c3cccc(Cl)c3)c2ncn1CCOc1ccc(F)cc1. The average molecular weight is 401 g/mol. The zero-order chi connectivity index (χ0) is 18.8. The fraction of sp³-hybridized carbons (Fsp3) is 0.100. The molecule has 4 rings (SSSR count). The zero-order valence-corrected chi connectivity index (χ0v) is 15.6. The number of halogens is 2. The number of aromatic nitrogens is 2. The first-order valence-corrected chi connectivity index (χ1v) is 9.48. The molecule has 0 aliphatic carbocycles. The fourth-order valence-corrected chi connectivity index (χ4v) is 3.92. The van der Waals surface area contributed by atoms with Gasteiger partial charge < -0.3 is 4.74 Å². The summed E-state index contributed by atoms with van der Waals surface area (Å²) in [6.07, 6.45) is 1.53. The molecule has 0 saturated heterocycles.